The van der Waals surface area contributed by atoms with Crippen molar-refractivity contribution in [1.82, 2.24) is 9.97 Å². The van der Waals surface area contributed by atoms with E-state index in [1.807, 2.05) is 48.5 Å². The number of rotatable bonds is 11. The summed E-state index contributed by atoms with van der Waals surface area (Å²) < 4.78 is 11.4. The van der Waals surface area contributed by atoms with Crippen molar-refractivity contribution in [3.8, 4) is 22.6 Å². The maximum absolute atomic E-state index is 10.6. The third-order valence-electron chi connectivity index (χ3n) is 4.53. The fraction of sp³-hybridized carbons (Fsp3) is 0.261. The van der Waals surface area contributed by atoms with Crippen molar-refractivity contribution in [2.24, 2.45) is 0 Å². The van der Waals surface area contributed by atoms with Gasteiger partial charge in [-0.2, -0.15) is 4.98 Å². The summed E-state index contributed by atoms with van der Waals surface area (Å²) >= 11 is 0. The number of carboxylic acid groups (broad SMARTS) is 1. The fourth-order valence-electron chi connectivity index (χ4n) is 3.14. The largest absolute Gasteiger partial charge is 0.493 e. The number of halogens is 1. The van der Waals surface area contributed by atoms with Gasteiger partial charge in [-0.25, -0.2) is 4.98 Å². The van der Waals surface area contributed by atoms with Crippen molar-refractivity contribution < 1.29 is 19.4 Å². The molecule has 0 spiro atoms. The van der Waals surface area contributed by atoms with Crippen molar-refractivity contribution in [3.05, 3.63) is 60.3 Å². The Labute approximate surface area is 193 Å². The summed E-state index contributed by atoms with van der Waals surface area (Å²) in [5.74, 6) is 1.01. The molecular formula is C23H27ClN4O4. The zero-order valence-electron chi connectivity index (χ0n) is 17.6. The standard InChI is InChI=1S/C23H26N4O4.ClH/c24-22-21(16-7-2-1-3-8-16)19(26-23(25)27-22)11-5-13-30-17-9-4-10-18(15-17)31-14-6-12-20(28)29;/h1-4,7-10,15H,5-6,11-14H2,(H,28,29)(H4,24,25,26,27);1H. The first kappa shape index (κ1) is 24.7. The zero-order valence-corrected chi connectivity index (χ0v) is 18.4. The number of anilines is 2. The van der Waals surface area contributed by atoms with Crippen LogP contribution in [0.5, 0.6) is 11.5 Å². The molecule has 0 aliphatic rings. The van der Waals surface area contributed by atoms with Gasteiger partial charge >= 0.3 is 5.97 Å². The predicted molar refractivity (Wildman–Crippen MR) is 126 cm³/mol. The Balaban J connectivity index is 0.00000363. The van der Waals surface area contributed by atoms with E-state index in [2.05, 4.69) is 9.97 Å². The van der Waals surface area contributed by atoms with Gasteiger partial charge in [0.1, 0.15) is 17.3 Å². The highest BCUT2D eigenvalue weighted by atomic mass is 35.5. The minimum Gasteiger partial charge on any atom is -0.493 e. The number of aryl methyl sites for hydroxylation is 1. The number of benzene rings is 2. The summed E-state index contributed by atoms with van der Waals surface area (Å²) in [7, 11) is 0. The van der Waals surface area contributed by atoms with Gasteiger partial charge in [0.25, 0.3) is 0 Å². The number of carboxylic acids is 1. The maximum Gasteiger partial charge on any atom is 0.303 e. The molecule has 3 rings (SSSR count). The van der Waals surface area contributed by atoms with Crippen LogP contribution in [0.2, 0.25) is 0 Å². The summed E-state index contributed by atoms with van der Waals surface area (Å²) in [5.41, 5.74) is 14.5. The van der Waals surface area contributed by atoms with E-state index >= 15 is 0 Å². The molecule has 0 aliphatic heterocycles. The first-order valence-electron chi connectivity index (χ1n) is 10.1. The van der Waals surface area contributed by atoms with Crippen molar-refractivity contribution in [1.29, 1.82) is 0 Å². The molecule has 9 heteroatoms. The van der Waals surface area contributed by atoms with Crippen molar-refractivity contribution in [2.75, 3.05) is 24.7 Å². The van der Waals surface area contributed by atoms with E-state index in [0.29, 0.717) is 49.8 Å². The van der Waals surface area contributed by atoms with Crippen LogP contribution in [-0.4, -0.2) is 34.3 Å². The van der Waals surface area contributed by atoms with Crippen LogP contribution in [0.1, 0.15) is 25.0 Å². The lowest BCUT2D eigenvalue weighted by Crippen LogP contribution is -2.08. The van der Waals surface area contributed by atoms with E-state index in [4.69, 9.17) is 26.0 Å². The second-order valence-electron chi connectivity index (χ2n) is 6.93. The first-order valence-corrected chi connectivity index (χ1v) is 10.1. The van der Waals surface area contributed by atoms with E-state index in [1.165, 1.54) is 0 Å². The number of hydrogen-bond acceptors (Lipinski definition) is 7. The Morgan fingerprint density at radius 1 is 0.906 bits per heavy atom. The molecule has 3 aromatic rings. The van der Waals surface area contributed by atoms with Gasteiger partial charge in [0.15, 0.2) is 0 Å². The Kier molecular flexibility index (Phi) is 9.56. The van der Waals surface area contributed by atoms with E-state index in [1.54, 1.807) is 6.07 Å². The Hall–Kier alpha value is -3.52. The Morgan fingerprint density at radius 2 is 1.56 bits per heavy atom. The summed E-state index contributed by atoms with van der Waals surface area (Å²) in [6.07, 6.45) is 1.88. The number of nitrogens with two attached hydrogens (primary N) is 2. The lowest BCUT2D eigenvalue weighted by atomic mass is 10.0. The van der Waals surface area contributed by atoms with Crippen molar-refractivity contribution >= 4 is 30.1 Å². The number of carbonyl (C=O) groups is 1. The number of aliphatic carboxylic acids is 1. The highest BCUT2D eigenvalue weighted by Crippen LogP contribution is 2.29. The average Bonchev–Trinajstić information content (AvgIpc) is 2.75. The molecule has 2 aromatic carbocycles. The van der Waals surface area contributed by atoms with Gasteiger partial charge in [-0.1, -0.05) is 36.4 Å². The lowest BCUT2D eigenvalue weighted by molar-refractivity contribution is -0.137. The molecule has 0 saturated heterocycles. The van der Waals surface area contributed by atoms with Gasteiger partial charge in [0, 0.05) is 18.1 Å². The summed E-state index contributed by atoms with van der Waals surface area (Å²) in [6.45, 7) is 0.815. The molecule has 0 aliphatic carbocycles. The van der Waals surface area contributed by atoms with E-state index in [0.717, 1.165) is 16.8 Å². The molecule has 0 unspecified atom stereocenters. The fourth-order valence-corrected chi connectivity index (χ4v) is 3.14. The molecule has 0 amide bonds. The van der Waals surface area contributed by atoms with Gasteiger partial charge in [0.05, 0.1) is 18.9 Å². The Morgan fingerprint density at radius 3 is 2.22 bits per heavy atom. The summed E-state index contributed by atoms with van der Waals surface area (Å²) in [5, 5.41) is 8.67. The molecule has 1 aromatic heterocycles. The first-order chi connectivity index (χ1) is 15.0. The van der Waals surface area contributed by atoms with Crippen LogP contribution in [0, 0.1) is 0 Å². The van der Waals surface area contributed by atoms with Crippen LogP contribution < -0.4 is 20.9 Å². The van der Waals surface area contributed by atoms with Crippen LogP contribution >= 0.6 is 12.4 Å². The highest BCUT2D eigenvalue weighted by Gasteiger charge is 2.13. The molecule has 0 saturated carbocycles. The smallest absolute Gasteiger partial charge is 0.303 e. The highest BCUT2D eigenvalue weighted by molar-refractivity contribution is 5.85. The third-order valence-corrected chi connectivity index (χ3v) is 4.53. The van der Waals surface area contributed by atoms with Gasteiger partial charge in [-0.3, -0.25) is 4.79 Å². The second kappa shape index (κ2) is 12.4. The van der Waals surface area contributed by atoms with E-state index < -0.39 is 5.97 Å². The number of aromatic nitrogens is 2. The van der Waals surface area contributed by atoms with E-state index in [9.17, 15) is 4.79 Å². The molecule has 0 bridgehead atoms. The maximum atomic E-state index is 10.6. The minimum absolute atomic E-state index is 0. The third kappa shape index (κ3) is 7.31. The van der Waals surface area contributed by atoms with Crippen LogP contribution in [0.3, 0.4) is 0 Å². The molecule has 32 heavy (non-hydrogen) atoms. The molecule has 5 N–H and O–H groups in total. The number of hydrogen-bond donors (Lipinski definition) is 3. The van der Waals surface area contributed by atoms with Crippen LogP contribution in [0.4, 0.5) is 11.8 Å². The summed E-state index contributed by atoms with van der Waals surface area (Å²) in [4.78, 5) is 19.1. The molecule has 0 radical (unpaired) electrons. The minimum atomic E-state index is -0.830. The predicted octanol–water partition coefficient (Wildman–Crippen LogP) is 3.99. The van der Waals surface area contributed by atoms with Crippen molar-refractivity contribution in [3.63, 3.8) is 0 Å². The van der Waals surface area contributed by atoms with E-state index in [-0.39, 0.29) is 24.8 Å². The van der Waals surface area contributed by atoms with Crippen LogP contribution in [-0.2, 0) is 11.2 Å². The topological polar surface area (TPSA) is 134 Å². The second-order valence-corrected chi connectivity index (χ2v) is 6.93. The molecule has 170 valence electrons. The van der Waals surface area contributed by atoms with Crippen LogP contribution in [0.25, 0.3) is 11.1 Å². The SMILES string of the molecule is Cl.Nc1nc(N)c(-c2ccccc2)c(CCCOc2cccc(OCCCC(=O)O)c2)n1. The number of nitrogens with zero attached hydrogens (tertiary/aromatic N) is 2. The molecular weight excluding hydrogens is 432 g/mol. The lowest BCUT2D eigenvalue weighted by Gasteiger charge is -2.13. The average molecular weight is 459 g/mol. The molecule has 1 heterocycles. The van der Waals surface area contributed by atoms with Gasteiger partial charge in [-0.15, -0.1) is 12.4 Å². The molecule has 0 fully saturated rings. The normalized spacial score (nSPS) is 10.2. The molecule has 8 nitrogen and oxygen atoms in total. The number of ether oxygens (including phenoxy) is 2. The van der Waals surface area contributed by atoms with Crippen LogP contribution in [0.15, 0.2) is 54.6 Å². The zero-order chi connectivity index (χ0) is 22.1. The quantitative estimate of drug-likeness (QED) is 0.367. The van der Waals surface area contributed by atoms with Gasteiger partial charge in [-0.05, 0) is 37.0 Å². The van der Waals surface area contributed by atoms with Crippen molar-refractivity contribution in [2.45, 2.75) is 25.7 Å². The van der Waals surface area contributed by atoms with Gasteiger partial charge in [0.2, 0.25) is 5.95 Å². The monoisotopic (exact) mass is 458 g/mol. The Bertz CT molecular complexity index is 1020. The number of nitrogen functional groups attached to an aromatic ring is 2. The van der Waals surface area contributed by atoms with Gasteiger partial charge < -0.3 is 26.0 Å². The summed E-state index contributed by atoms with van der Waals surface area (Å²) in [6, 6.07) is 17.0. The molecule has 0 atom stereocenters.